The lowest BCUT2D eigenvalue weighted by Crippen LogP contribution is -2.32. The topological polar surface area (TPSA) is 104 Å². The number of nitrogens with one attached hydrogen (secondary N) is 2. The molecule has 0 spiro atoms. The third-order valence-corrected chi connectivity index (χ3v) is 3.41. The molecule has 3 rings (SSSR count). The van der Waals surface area contributed by atoms with Crippen LogP contribution in [0, 0.1) is 0 Å². The summed E-state index contributed by atoms with van der Waals surface area (Å²) >= 11 is 0. The van der Waals surface area contributed by atoms with Crippen molar-refractivity contribution in [2.75, 3.05) is 7.05 Å². The minimum atomic E-state index is -0.712. The summed E-state index contributed by atoms with van der Waals surface area (Å²) in [6, 6.07) is 10.7. The molecule has 1 aromatic carbocycles. The smallest absolute Gasteiger partial charge is 0.326 e. The average Bonchev–Trinajstić information content (AvgIpc) is 3.02. The molecule has 2 aromatic heterocycles. The van der Waals surface area contributed by atoms with Crippen LogP contribution in [0.15, 0.2) is 58.4 Å². The first-order valence-corrected chi connectivity index (χ1v) is 7.21. The van der Waals surface area contributed by atoms with Gasteiger partial charge in [0.15, 0.2) is 0 Å². The predicted molar refractivity (Wildman–Crippen MR) is 87.0 cm³/mol. The van der Waals surface area contributed by atoms with Crippen molar-refractivity contribution in [3.63, 3.8) is 0 Å². The van der Waals surface area contributed by atoms with Crippen molar-refractivity contribution in [1.29, 1.82) is 0 Å². The Morgan fingerprint density at radius 3 is 2.67 bits per heavy atom. The van der Waals surface area contributed by atoms with E-state index in [1.165, 1.54) is 4.90 Å². The van der Waals surface area contributed by atoms with Gasteiger partial charge in [0.05, 0.1) is 11.9 Å². The van der Waals surface area contributed by atoms with Crippen LogP contribution in [-0.4, -0.2) is 37.6 Å². The van der Waals surface area contributed by atoms with E-state index in [-0.39, 0.29) is 5.69 Å². The zero-order chi connectivity index (χ0) is 17.1. The Morgan fingerprint density at radius 1 is 1.21 bits per heavy atom. The van der Waals surface area contributed by atoms with E-state index in [9.17, 15) is 14.4 Å². The molecule has 0 aliphatic rings. The number of carbonyl (C=O) groups excluding carboxylic acids is 1. The van der Waals surface area contributed by atoms with E-state index in [0.29, 0.717) is 6.54 Å². The molecule has 0 unspecified atom stereocenters. The Labute approximate surface area is 136 Å². The molecule has 0 radical (unpaired) electrons. The molecule has 24 heavy (non-hydrogen) atoms. The Bertz CT molecular complexity index is 943. The zero-order valence-electron chi connectivity index (χ0n) is 12.9. The molecule has 122 valence electrons. The van der Waals surface area contributed by atoms with Crippen LogP contribution in [0.5, 0.6) is 0 Å². The number of rotatable bonds is 4. The van der Waals surface area contributed by atoms with Gasteiger partial charge < -0.3 is 9.88 Å². The van der Waals surface area contributed by atoms with Crippen LogP contribution < -0.4 is 11.2 Å². The van der Waals surface area contributed by atoms with E-state index in [4.69, 9.17) is 0 Å². The van der Waals surface area contributed by atoms with Gasteiger partial charge in [-0.2, -0.15) is 5.10 Å². The first-order chi connectivity index (χ1) is 11.5. The molecule has 8 nitrogen and oxygen atoms in total. The van der Waals surface area contributed by atoms with Crippen LogP contribution in [0.4, 0.5) is 0 Å². The van der Waals surface area contributed by atoms with Crippen LogP contribution in [0.2, 0.25) is 0 Å². The summed E-state index contributed by atoms with van der Waals surface area (Å²) in [4.78, 5) is 40.6. The van der Waals surface area contributed by atoms with Crippen molar-refractivity contribution in [1.82, 2.24) is 24.6 Å². The molecular formula is C16H15N5O3. The van der Waals surface area contributed by atoms with Crippen molar-refractivity contribution in [2.24, 2.45) is 0 Å². The number of H-pyrrole nitrogens is 2. The number of para-hydroxylation sites is 1. The summed E-state index contributed by atoms with van der Waals surface area (Å²) in [6.07, 6.45) is 3.48. The van der Waals surface area contributed by atoms with Crippen molar-refractivity contribution < 1.29 is 4.79 Å². The normalized spacial score (nSPS) is 10.5. The maximum atomic E-state index is 12.3. The molecule has 3 aromatic rings. The second-order valence-electron chi connectivity index (χ2n) is 5.29. The molecule has 0 aliphatic carbocycles. The van der Waals surface area contributed by atoms with Gasteiger partial charge in [0.2, 0.25) is 0 Å². The van der Waals surface area contributed by atoms with Crippen molar-refractivity contribution >= 4 is 5.91 Å². The van der Waals surface area contributed by atoms with Crippen LogP contribution in [-0.2, 0) is 6.54 Å². The van der Waals surface area contributed by atoms with Crippen LogP contribution in [0.25, 0.3) is 5.69 Å². The standard InChI is InChI=1S/C16H15N5O3/c1-20(15(23)13-7-14(22)19-16(24)18-13)9-11-8-17-21(10-11)12-5-3-2-4-6-12/h2-8,10H,9H2,1H3,(H2,18,19,22,24). The second kappa shape index (κ2) is 6.37. The van der Waals surface area contributed by atoms with Gasteiger partial charge in [-0.25, -0.2) is 9.48 Å². The van der Waals surface area contributed by atoms with E-state index in [1.54, 1.807) is 17.9 Å². The van der Waals surface area contributed by atoms with Gasteiger partial charge in [0.1, 0.15) is 5.69 Å². The summed E-state index contributed by atoms with van der Waals surface area (Å²) in [5.74, 6) is -0.453. The Morgan fingerprint density at radius 2 is 1.96 bits per heavy atom. The lowest BCUT2D eigenvalue weighted by atomic mass is 10.3. The summed E-state index contributed by atoms with van der Waals surface area (Å²) in [6.45, 7) is 0.292. The Balaban J connectivity index is 1.76. The van der Waals surface area contributed by atoms with E-state index >= 15 is 0 Å². The number of nitrogens with zero attached hydrogens (tertiary/aromatic N) is 3. The minimum Gasteiger partial charge on any atom is -0.336 e. The summed E-state index contributed by atoms with van der Waals surface area (Å²) < 4.78 is 1.71. The number of aromatic nitrogens is 4. The van der Waals surface area contributed by atoms with Crippen LogP contribution in [0.1, 0.15) is 16.1 Å². The van der Waals surface area contributed by atoms with Crippen molar-refractivity contribution in [3.05, 3.63) is 80.9 Å². The molecule has 0 fully saturated rings. The van der Waals surface area contributed by atoms with Gasteiger partial charge in [-0.05, 0) is 12.1 Å². The highest BCUT2D eigenvalue weighted by atomic mass is 16.2. The molecule has 0 saturated heterocycles. The first-order valence-electron chi connectivity index (χ1n) is 7.21. The van der Waals surface area contributed by atoms with Gasteiger partial charge in [0.25, 0.3) is 11.5 Å². The molecule has 0 bridgehead atoms. The average molecular weight is 325 g/mol. The zero-order valence-corrected chi connectivity index (χ0v) is 12.9. The third kappa shape index (κ3) is 3.32. The molecule has 0 saturated carbocycles. The fraction of sp³-hybridized carbons (Fsp3) is 0.125. The number of hydrogen-bond donors (Lipinski definition) is 2. The summed E-state index contributed by atoms with van der Waals surface area (Å²) in [5, 5.41) is 4.27. The highest BCUT2D eigenvalue weighted by molar-refractivity contribution is 5.91. The number of aromatic amines is 2. The molecular weight excluding hydrogens is 310 g/mol. The fourth-order valence-electron chi connectivity index (χ4n) is 2.30. The summed E-state index contributed by atoms with van der Waals surface area (Å²) in [7, 11) is 1.59. The molecule has 0 atom stereocenters. The maximum absolute atomic E-state index is 12.3. The van der Waals surface area contributed by atoms with Gasteiger partial charge >= 0.3 is 5.69 Å². The molecule has 8 heteroatoms. The van der Waals surface area contributed by atoms with Gasteiger partial charge in [-0.1, -0.05) is 18.2 Å². The molecule has 2 heterocycles. The number of carbonyl (C=O) groups is 1. The van der Waals surface area contributed by atoms with Crippen molar-refractivity contribution in [3.8, 4) is 5.69 Å². The second-order valence-corrected chi connectivity index (χ2v) is 5.29. The monoisotopic (exact) mass is 325 g/mol. The van der Waals surface area contributed by atoms with E-state index < -0.39 is 17.2 Å². The third-order valence-electron chi connectivity index (χ3n) is 3.41. The number of hydrogen-bond acceptors (Lipinski definition) is 4. The largest absolute Gasteiger partial charge is 0.336 e. The lowest BCUT2D eigenvalue weighted by Gasteiger charge is -2.15. The van der Waals surface area contributed by atoms with Crippen molar-refractivity contribution in [2.45, 2.75) is 6.54 Å². The maximum Gasteiger partial charge on any atom is 0.326 e. The number of benzene rings is 1. The van der Waals surface area contributed by atoms with E-state index in [2.05, 4.69) is 10.1 Å². The predicted octanol–water partition coefficient (Wildman–Crippen LogP) is 0.521. The Kier molecular flexibility index (Phi) is 4.11. The first kappa shape index (κ1) is 15.5. The minimum absolute atomic E-state index is 0.0540. The molecule has 0 aliphatic heterocycles. The molecule has 2 N–H and O–H groups in total. The highest BCUT2D eigenvalue weighted by Crippen LogP contribution is 2.10. The van der Waals surface area contributed by atoms with Crippen LogP contribution >= 0.6 is 0 Å². The van der Waals surface area contributed by atoms with Gasteiger partial charge in [-0.15, -0.1) is 0 Å². The van der Waals surface area contributed by atoms with Crippen LogP contribution in [0.3, 0.4) is 0 Å². The van der Waals surface area contributed by atoms with E-state index in [1.807, 2.05) is 41.5 Å². The SMILES string of the molecule is CN(Cc1cnn(-c2ccccc2)c1)C(=O)c1cc(=O)[nH]c(=O)[nH]1. The lowest BCUT2D eigenvalue weighted by molar-refractivity contribution is 0.0778. The Hall–Kier alpha value is -3.42. The quantitative estimate of drug-likeness (QED) is 0.730. The van der Waals surface area contributed by atoms with Gasteiger partial charge in [-0.3, -0.25) is 14.6 Å². The number of amides is 1. The fourth-order valence-corrected chi connectivity index (χ4v) is 2.30. The highest BCUT2D eigenvalue weighted by Gasteiger charge is 2.15. The van der Waals surface area contributed by atoms with Gasteiger partial charge in [0, 0.05) is 31.4 Å². The molecule has 1 amide bonds. The summed E-state index contributed by atoms with van der Waals surface area (Å²) in [5.41, 5.74) is 0.351. The van der Waals surface area contributed by atoms with E-state index in [0.717, 1.165) is 17.3 Å².